The molecule has 5 heteroatoms. The number of hydrogen-bond acceptors (Lipinski definition) is 2. The summed E-state index contributed by atoms with van der Waals surface area (Å²) >= 11 is 6.07. The van der Waals surface area contributed by atoms with Gasteiger partial charge in [0, 0.05) is 36.4 Å². The minimum Gasteiger partial charge on any atom is -0.337 e. The zero-order chi connectivity index (χ0) is 16.0. The maximum Gasteiger partial charge on any atom is 0.226 e. The topological polar surface area (TPSA) is 38.1 Å². The molecule has 2 fully saturated rings. The van der Waals surface area contributed by atoms with Crippen molar-refractivity contribution in [1.29, 1.82) is 0 Å². The standard InChI is InChI=1S/C18H20ClN3O/c1-21-8-7-20-17(21)11-22(14-5-6-14)18(23)16-10-15(16)12-3-2-4-13(19)9-12/h2-4,7-9,14-16H,5-6,10-11H2,1H3/t15-,16+/m0/s1. The molecule has 2 aliphatic carbocycles. The molecule has 2 aromatic rings. The van der Waals surface area contributed by atoms with Gasteiger partial charge in [-0.15, -0.1) is 0 Å². The zero-order valence-corrected chi connectivity index (χ0v) is 13.9. The Morgan fingerprint density at radius 3 is 2.91 bits per heavy atom. The molecule has 120 valence electrons. The van der Waals surface area contributed by atoms with Crippen LogP contribution in [0.4, 0.5) is 0 Å². The van der Waals surface area contributed by atoms with Crippen molar-refractivity contribution < 1.29 is 4.79 Å². The lowest BCUT2D eigenvalue weighted by atomic mass is 10.1. The molecule has 2 atom stereocenters. The highest BCUT2D eigenvalue weighted by molar-refractivity contribution is 6.30. The number of halogens is 1. The third-order valence-electron chi connectivity index (χ3n) is 4.89. The van der Waals surface area contributed by atoms with Crippen LogP contribution in [0.5, 0.6) is 0 Å². The van der Waals surface area contributed by atoms with Gasteiger partial charge in [-0.3, -0.25) is 4.79 Å². The lowest BCUT2D eigenvalue weighted by Gasteiger charge is -2.22. The van der Waals surface area contributed by atoms with Crippen LogP contribution in [0, 0.1) is 5.92 Å². The highest BCUT2D eigenvalue weighted by Gasteiger charge is 2.48. The zero-order valence-electron chi connectivity index (χ0n) is 13.2. The lowest BCUT2D eigenvalue weighted by molar-refractivity contribution is -0.134. The summed E-state index contributed by atoms with van der Waals surface area (Å²) in [6, 6.07) is 8.30. The van der Waals surface area contributed by atoms with Gasteiger partial charge in [-0.05, 0) is 42.9 Å². The fraction of sp³-hybridized carbons (Fsp3) is 0.444. The van der Waals surface area contributed by atoms with Crippen molar-refractivity contribution in [2.75, 3.05) is 0 Å². The molecule has 2 aliphatic rings. The van der Waals surface area contributed by atoms with Crippen LogP contribution in [0.3, 0.4) is 0 Å². The normalized spacial score (nSPS) is 22.9. The molecule has 1 aromatic carbocycles. The van der Waals surface area contributed by atoms with E-state index in [0.29, 0.717) is 18.5 Å². The van der Waals surface area contributed by atoms with Crippen LogP contribution >= 0.6 is 11.6 Å². The number of nitrogens with zero attached hydrogens (tertiary/aromatic N) is 3. The number of rotatable bonds is 5. The SMILES string of the molecule is Cn1ccnc1CN(C(=O)[C@@H]1C[C@H]1c1cccc(Cl)c1)C1CC1. The molecule has 0 unspecified atom stereocenters. The van der Waals surface area contributed by atoms with Crippen LogP contribution in [0.1, 0.15) is 36.6 Å². The highest BCUT2D eigenvalue weighted by atomic mass is 35.5. The Morgan fingerprint density at radius 1 is 1.43 bits per heavy atom. The second-order valence-corrected chi connectivity index (χ2v) is 7.09. The summed E-state index contributed by atoms with van der Waals surface area (Å²) in [6.07, 6.45) is 6.88. The quantitative estimate of drug-likeness (QED) is 0.843. The smallest absolute Gasteiger partial charge is 0.226 e. The fourth-order valence-corrected chi connectivity index (χ4v) is 3.46. The molecule has 1 amide bonds. The molecule has 0 aliphatic heterocycles. The summed E-state index contributed by atoms with van der Waals surface area (Å²) < 4.78 is 1.99. The van der Waals surface area contributed by atoms with Crippen molar-refractivity contribution in [3.05, 3.63) is 53.1 Å². The Balaban J connectivity index is 1.48. The molecule has 1 heterocycles. The third-order valence-corrected chi connectivity index (χ3v) is 5.12. The Hall–Kier alpha value is -1.81. The molecule has 1 aromatic heterocycles. The van der Waals surface area contributed by atoms with Crippen molar-refractivity contribution in [1.82, 2.24) is 14.5 Å². The summed E-state index contributed by atoms with van der Waals surface area (Å²) in [5.74, 6) is 1.66. The number of hydrogen-bond donors (Lipinski definition) is 0. The largest absolute Gasteiger partial charge is 0.337 e. The van der Waals surface area contributed by atoms with Gasteiger partial charge >= 0.3 is 0 Å². The van der Waals surface area contributed by atoms with Gasteiger partial charge in [0.15, 0.2) is 0 Å². The summed E-state index contributed by atoms with van der Waals surface area (Å²) in [5.41, 5.74) is 1.18. The maximum atomic E-state index is 12.9. The number of aryl methyl sites for hydroxylation is 1. The number of benzene rings is 1. The van der Waals surface area contributed by atoms with Crippen molar-refractivity contribution in [2.24, 2.45) is 13.0 Å². The van der Waals surface area contributed by atoms with Gasteiger partial charge < -0.3 is 9.47 Å². The third kappa shape index (κ3) is 3.00. The summed E-state index contributed by atoms with van der Waals surface area (Å²) in [7, 11) is 1.98. The van der Waals surface area contributed by atoms with Crippen LogP contribution in [-0.4, -0.2) is 26.4 Å². The van der Waals surface area contributed by atoms with Crippen LogP contribution in [0.25, 0.3) is 0 Å². The van der Waals surface area contributed by atoms with E-state index < -0.39 is 0 Å². The van der Waals surface area contributed by atoms with Gasteiger partial charge in [0.05, 0.1) is 6.54 Å². The van der Waals surface area contributed by atoms with E-state index in [9.17, 15) is 4.79 Å². The molecule has 4 nitrogen and oxygen atoms in total. The van der Waals surface area contributed by atoms with Gasteiger partial charge in [-0.25, -0.2) is 4.98 Å². The van der Waals surface area contributed by atoms with Gasteiger partial charge in [-0.1, -0.05) is 23.7 Å². The molecule has 0 saturated heterocycles. The average Bonchev–Trinajstić information content (AvgIpc) is 3.44. The van der Waals surface area contributed by atoms with Crippen LogP contribution < -0.4 is 0 Å². The highest BCUT2D eigenvalue weighted by Crippen LogP contribution is 2.50. The van der Waals surface area contributed by atoms with Gasteiger partial charge in [0.25, 0.3) is 0 Å². The van der Waals surface area contributed by atoms with Gasteiger partial charge in [-0.2, -0.15) is 0 Å². The summed E-state index contributed by atoms with van der Waals surface area (Å²) in [5, 5.41) is 0.743. The first-order valence-electron chi connectivity index (χ1n) is 8.15. The molecular formula is C18H20ClN3O. The first-order chi connectivity index (χ1) is 11.1. The van der Waals surface area contributed by atoms with Crippen LogP contribution in [-0.2, 0) is 18.4 Å². The van der Waals surface area contributed by atoms with E-state index in [1.807, 2.05) is 40.9 Å². The lowest BCUT2D eigenvalue weighted by Crippen LogP contribution is -2.35. The number of carbonyl (C=O) groups is 1. The molecule has 23 heavy (non-hydrogen) atoms. The Bertz CT molecular complexity index is 737. The first-order valence-corrected chi connectivity index (χ1v) is 8.53. The molecule has 2 saturated carbocycles. The molecule has 0 spiro atoms. The van der Waals surface area contributed by atoms with Crippen molar-refractivity contribution in [3.63, 3.8) is 0 Å². The van der Waals surface area contributed by atoms with Crippen LogP contribution in [0.2, 0.25) is 5.02 Å². The second kappa shape index (κ2) is 5.68. The van der Waals surface area contributed by atoms with Crippen LogP contribution in [0.15, 0.2) is 36.7 Å². The Labute approximate surface area is 141 Å². The van der Waals surface area contributed by atoms with Crippen molar-refractivity contribution in [2.45, 2.75) is 37.8 Å². The minimum absolute atomic E-state index is 0.106. The van der Waals surface area contributed by atoms with E-state index >= 15 is 0 Å². The predicted molar refractivity (Wildman–Crippen MR) is 89.1 cm³/mol. The Morgan fingerprint density at radius 2 is 2.26 bits per heavy atom. The van der Waals surface area contributed by atoms with E-state index in [-0.39, 0.29) is 11.8 Å². The number of carbonyl (C=O) groups excluding carboxylic acids is 1. The van der Waals surface area contributed by atoms with E-state index in [1.165, 1.54) is 5.56 Å². The number of aromatic nitrogens is 2. The second-order valence-electron chi connectivity index (χ2n) is 6.66. The first kappa shape index (κ1) is 14.8. The van der Waals surface area contributed by atoms with Crippen molar-refractivity contribution in [3.8, 4) is 0 Å². The van der Waals surface area contributed by atoms with E-state index in [1.54, 1.807) is 6.20 Å². The summed E-state index contributed by atoms with van der Waals surface area (Å²) in [6.45, 7) is 0.617. The molecule has 0 N–H and O–H groups in total. The number of amides is 1. The summed E-state index contributed by atoms with van der Waals surface area (Å²) in [4.78, 5) is 19.4. The molecule has 0 bridgehead atoms. The fourth-order valence-electron chi connectivity index (χ4n) is 3.26. The van der Waals surface area contributed by atoms with Gasteiger partial charge in [0.1, 0.15) is 5.82 Å². The maximum absolute atomic E-state index is 12.9. The van der Waals surface area contributed by atoms with E-state index in [0.717, 1.165) is 30.1 Å². The average molecular weight is 330 g/mol. The minimum atomic E-state index is 0.106. The van der Waals surface area contributed by atoms with E-state index in [2.05, 4.69) is 11.1 Å². The monoisotopic (exact) mass is 329 g/mol. The predicted octanol–water partition coefficient (Wildman–Crippen LogP) is 3.37. The van der Waals surface area contributed by atoms with E-state index in [4.69, 9.17) is 11.6 Å². The van der Waals surface area contributed by atoms with Gasteiger partial charge in [0.2, 0.25) is 5.91 Å². The molecule has 0 radical (unpaired) electrons. The molecular weight excluding hydrogens is 310 g/mol. The number of imidazole rings is 1. The molecule has 4 rings (SSSR count). The van der Waals surface area contributed by atoms with Crippen molar-refractivity contribution >= 4 is 17.5 Å². The Kier molecular flexibility index (Phi) is 3.64.